The second-order valence-corrected chi connectivity index (χ2v) is 5.97. The van der Waals surface area contributed by atoms with Crippen LogP contribution in [0.2, 0.25) is 5.15 Å². The average Bonchev–Trinajstić information content (AvgIpc) is 3.21. The highest BCUT2D eigenvalue weighted by atomic mass is 35.5. The monoisotopic (exact) mass is 369 g/mol. The third kappa shape index (κ3) is 5.03. The molecule has 0 bridgehead atoms. The Labute approximate surface area is 157 Å². The minimum Gasteiger partial charge on any atom is -0.356 e. The lowest BCUT2D eigenvalue weighted by atomic mass is 10.2. The molecule has 0 aliphatic carbocycles. The van der Waals surface area contributed by atoms with Gasteiger partial charge in [-0.25, -0.2) is 15.0 Å². The number of aliphatic imine (C=N–C) groups is 1. The molecule has 134 valence electrons. The maximum atomic E-state index is 5.80. The van der Waals surface area contributed by atoms with E-state index in [1.165, 1.54) is 0 Å². The van der Waals surface area contributed by atoms with Gasteiger partial charge in [-0.15, -0.1) is 0 Å². The van der Waals surface area contributed by atoms with Crippen molar-refractivity contribution in [2.45, 2.75) is 13.0 Å². The molecule has 2 N–H and O–H groups in total. The van der Waals surface area contributed by atoms with Crippen LogP contribution in [0.25, 0.3) is 5.82 Å². The van der Waals surface area contributed by atoms with Crippen LogP contribution in [0.3, 0.4) is 0 Å². The summed E-state index contributed by atoms with van der Waals surface area (Å²) in [5.74, 6) is 1.58. The predicted molar refractivity (Wildman–Crippen MR) is 103 cm³/mol. The second kappa shape index (κ2) is 8.96. The summed E-state index contributed by atoms with van der Waals surface area (Å²) in [7, 11) is 1.75. The number of pyridine rings is 2. The Hall–Kier alpha value is -2.93. The van der Waals surface area contributed by atoms with Crippen molar-refractivity contribution in [1.29, 1.82) is 0 Å². The third-order valence-electron chi connectivity index (χ3n) is 3.76. The van der Waals surface area contributed by atoms with Crippen LogP contribution in [0.5, 0.6) is 0 Å². The van der Waals surface area contributed by atoms with Crippen LogP contribution in [0.1, 0.15) is 11.1 Å². The molecule has 3 heterocycles. The summed E-state index contributed by atoms with van der Waals surface area (Å²) in [5.41, 5.74) is 2.23. The molecule has 0 spiro atoms. The molecule has 0 saturated heterocycles. The molecule has 0 amide bonds. The SMILES string of the molecule is CN=C(NCCc1ccc(Cl)nc1)NCc1ccnc(-n2ccnc2)c1. The summed E-state index contributed by atoms with van der Waals surface area (Å²) in [6.07, 6.45) is 9.74. The standard InChI is InChI=1S/C18H20ClN7/c1-20-18(23-7-4-14-2-3-16(19)24-11-14)25-12-15-5-6-22-17(10-15)26-9-8-21-13-26/h2-3,5-6,8-11,13H,4,7,12H2,1H3,(H2,20,23,25). The van der Waals surface area contributed by atoms with Gasteiger partial charge in [0.1, 0.15) is 17.3 Å². The van der Waals surface area contributed by atoms with E-state index in [0.29, 0.717) is 11.7 Å². The van der Waals surface area contributed by atoms with Gasteiger partial charge in [-0.1, -0.05) is 17.7 Å². The number of aromatic nitrogens is 4. The van der Waals surface area contributed by atoms with Crippen LogP contribution in [0.4, 0.5) is 0 Å². The molecule has 0 aliphatic heterocycles. The first kappa shape index (κ1) is 17.9. The van der Waals surface area contributed by atoms with Gasteiger partial charge in [-0.2, -0.15) is 0 Å². The molecule has 7 nitrogen and oxygen atoms in total. The quantitative estimate of drug-likeness (QED) is 0.395. The van der Waals surface area contributed by atoms with Crippen LogP contribution in [-0.2, 0) is 13.0 Å². The van der Waals surface area contributed by atoms with E-state index in [1.54, 1.807) is 38.0 Å². The van der Waals surface area contributed by atoms with Gasteiger partial charge in [0.25, 0.3) is 0 Å². The lowest BCUT2D eigenvalue weighted by Gasteiger charge is -2.12. The number of halogens is 1. The van der Waals surface area contributed by atoms with Crippen LogP contribution in [-0.4, -0.2) is 39.1 Å². The van der Waals surface area contributed by atoms with E-state index in [2.05, 4.69) is 30.6 Å². The fraction of sp³-hybridized carbons (Fsp3) is 0.222. The van der Waals surface area contributed by atoms with Crippen molar-refractivity contribution < 1.29 is 0 Å². The molecule has 0 aromatic carbocycles. The molecule has 8 heteroatoms. The molecule has 0 radical (unpaired) electrons. The highest BCUT2D eigenvalue weighted by Crippen LogP contribution is 2.07. The van der Waals surface area contributed by atoms with Crippen molar-refractivity contribution in [3.05, 3.63) is 71.7 Å². The second-order valence-electron chi connectivity index (χ2n) is 5.58. The third-order valence-corrected chi connectivity index (χ3v) is 3.98. The zero-order valence-corrected chi connectivity index (χ0v) is 15.2. The Morgan fingerprint density at radius 2 is 2.08 bits per heavy atom. The topological polar surface area (TPSA) is 80.0 Å². The Bertz CT molecular complexity index is 844. The fourth-order valence-corrected chi connectivity index (χ4v) is 2.50. The number of nitrogens with one attached hydrogen (secondary N) is 2. The van der Waals surface area contributed by atoms with E-state index in [9.17, 15) is 0 Å². The normalized spacial score (nSPS) is 11.4. The fourth-order valence-electron chi connectivity index (χ4n) is 2.39. The van der Waals surface area contributed by atoms with Gasteiger partial charge < -0.3 is 10.6 Å². The minimum atomic E-state index is 0.506. The molecule has 3 aromatic rings. The smallest absolute Gasteiger partial charge is 0.191 e. The Balaban J connectivity index is 1.49. The molecule has 3 aromatic heterocycles. The van der Waals surface area contributed by atoms with E-state index < -0.39 is 0 Å². The van der Waals surface area contributed by atoms with Gasteiger partial charge in [0.05, 0.1) is 0 Å². The number of nitrogens with zero attached hydrogens (tertiary/aromatic N) is 5. The Kier molecular flexibility index (Phi) is 6.16. The van der Waals surface area contributed by atoms with Crippen molar-refractivity contribution >= 4 is 17.6 Å². The first-order chi connectivity index (χ1) is 12.7. The summed E-state index contributed by atoms with van der Waals surface area (Å²) in [6.45, 7) is 1.39. The molecule has 0 saturated carbocycles. The van der Waals surface area contributed by atoms with Gasteiger partial charge in [0.15, 0.2) is 5.96 Å². The van der Waals surface area contributed by atoms with Crippen molar-refractivity contribution in [3.8, 4) is 5.82 Å². The number of hydrogen-bond donors (Lipinski definition) is 2. The number of hydrogen-bond acceptors (Lipinski definition) is 4. The average molecular weight is 370 g/mol. The van der Waals surface area contributed by atoms with Gasteiger partial charge in [0, 0.05) is 44.9 Å². The van der Waals surface area contributed by atoms with E-state index in [-0.39, 0.29) is 0 Å². The summed E-state index contributed by atoms with van der Waals surface area (Å²) in [4.78, 5) is 16.7. The number of rotatable bonds is 6. The lowest BCUT2D eigenvalue weighted by molar-refractivity contribution is 0.791. The molecule has 0 aliphatic rings. The largest absolute Gasteiger partial charge is 0.356 e. The minimum absolute atomic E-state index is 0.506. The highest BCUT2D eigenvalue weighted by Gasteiger charge is 2.02. The molecule has 26 heavy (non-hydrogen) atoms. The molecule has 3 rings (SSSR count). The zero-order valence-electron chi connectivity index (χ0n) is 14.4. The molecule has 0 fully saturated rings. The van der Waals surface area contributed by atoms with Gasteiger partial charge in [-0.05, 0) is 35.7 Å². The molecule has 0 atom stereocenters. The predicted octanol–water partition coefficient (Wildman–Crippen LogP) is 2.22. The van der Waals surface area contributed by atoms with Crippen LogP contribution >= 0.6 is 11.6 Å². The lowest BCUT2D eigenvalue weighted by Crippen LogP contribution is -2.37. The van der Waals surface area contributed by atoms with Gasteiger partial charge in [0.2, 0.25) is 0 Å². The van der Waals surface area contributed by atoms with E-state index in [1.807, 2.05) is 29.0 Å². The maximum Gasteiger partial charge on any atom is 0.191 e. The summed E-state index contributed by atoms with van der Waals surface area (Å²) >= 11 is 5.80. The molecule has 0 unspecified atom stereocenters. The van der Waals surface area contributed by atoms with E-state index >= 15 is 0 Å². The molecular formula is C18H20ClN7. The van der Waals surface area contributed by atoms with Crippen LogP contribution in [0, 0.1) is 0 Å². The molecular weight excluding hydrogens is 350 g/mol. The van der Waals surface area contributed by atoms with Gasteiger partial charge >= 0.3 is 0 Å². The summed E-state index contributed by atoms with van der Waals surface area (Å²) in [6, 6.07) is 7.76. The van der Waals surface area contributed by atoms with Crippen molar-refractivity contribution in [1.82, 2.24) is 30.2 Å². The van der Waals surface area contributed by atoms with Crippen LogP contribution < -0.4 is 10.6 Å². The van der Waals surface area contributed by atoms with E-state index in [4.69, 9.17) is 11.6 Å². The van der Waals surface area contributed by atoms with Crippen molar-refractivity contribution in [2.75, 3.05) is 13.6 Å². The summed E-state index contributed by atoms with van der Waals surface area (Å²) in [5, 5.41) is 7.10. The first-order valence-corrected chi connectivity index (χ1v) is 8.60. The van der Waals surface area contributed by atoms with Crippen LogP contribution in [0.15, 0.2) is 60.4 Å². The first-order valence-electron chi connectivity index (χ1n) is 8.23. The number of guanidine groups is 1. The zero-order chi connectivity index (χ0) is 18.2. The summed E-state index contributed by atoms with van der Waals surface area (Å²) < 4.78 is 1.87. The number of imidazole rings is 1. The van der Waals surface area contributed by atoms with Gasteiger partial charge in [-0.3, -0.25) is 9.56 Å². The Morgan fingerprint density at radius 1 is 1.15 bits per heavy atom. The Morgan fingerprint density at radius 3 is 2.81 bits per heavy atom. The highest BCUT2D eigenvalue weighted by molar-refractivity contribution is 6.29. The van der Waals surface area contributed by atoms with Crippen molar-refractivity contribution in [3.63, 3.8) is 0 Å². The maximum absolute atomic E-state index is 5.80. The van der Waals surface area contributed by atoms with E-state index in [0.717, 1.165) is 35.9 Å². The van der Waals surface area contributed by atoms with Crippen molar-refractivity contribution in [2.24, 2.45) is 4.99 Å².